The Labute approximate surface area is 669 Å². The molecule has 12 aromatic rings. The van der Waals surface area contributed by atoms with Crippen molar-refractivity contribution in [3.63, 3.8) is 0 Å². The molecule has 12 aromatic carbocycles. The molecule has 36 nitrogen and oxygen atoms in total. The van der Waals surface area contributed by atoms with E-state index in [-0.39, 0.29) is 70.9 Å². The standard InChI is InChI=1S/3C25H16N4O8.CHBr3/c3*30-26(31)21-9-1-17(2-10-21)25(18-3-11-22(12-4-18)27(32)33,19-5-13-23(14-6-19)28(34)35)20-7-15-24(16-8-20)29(36)37;2-1(3)4/h3*1-16H;1H. The molecule has 12 rings (SSSR count). The van der Waals surface area contributed by atoms with Gasteiger partial charge in [0.15, 0.2) is 0 Å². The molecule has 0 spiro atoms. The van der Waals surface area contributed by atoms with Crippen molar-refractivity contribution in [1.82, 2.24) is 0 Å². The summed E-state index contributed by atoms with van der Waals surface area (Å²) in [5.74, 6) is 0. The molecule has 0 unspecified atom stereocenters. The largest absolute Gasteiger partial charge is 0.269 e. The Kier molecular flexibility index (Phi) is 26.4. The minimum Gasteiger partial charge on any atom is -0.258 e. The van der Waals surface area contributed by atoms with Gasteiger partial charge < -0.3 is 0 Å². The van der Waals surface area contributed by atoms with Crippen LogP contribution in [0.2, 0.25) is 0 Å². The lowest BCUT2D eigenvalue weighted by molar-refractivity contribution is -0.385. The van der Waals surface area contributed by atoms with E-state index in [1.807, 2.05) is 0 Å². The average Bonchev–Trinajstić information content (AvgIpc) is 0.742. The van der Waals surface area contributed by atoms with Crippen LogP contribution in [0.25, 0.3) is 0 Å². The number of hydrogen-bond acceptors (Lipinski definition) is 24. The van der Waals surface area contributed by atoms with Crippen molar-refractivity contribution in [3.05, 3.63) is 479 Å². The number of non-ortho nitro benzene ring substituents is 12. The summed E-state index contributed by atoms with van der Waals surface area (Å²) in [5.41, 5.74) is -0.0201. The maximum absolute atomic E-state index is 11.3. The van der Waals surface area contributed by atoms with Crippen LogP contribution >= 0.6 is 47.8 Å². The van der Waals surface area contributed by atoms with E-state index in [1.165, 1.54) is 291 Å². The molecular formula is C76H49Br3N12O24. The molecule has 0 saturated carbocycles. The number of nitro groups is 12. The highest BCUT2D eigenvalue weighted by atomic mass is 80.0. The van der Waals surface area contributed by atoms with Crippen LogP contribution in [-0.4, -0.2) is 61.7 Å². The molecule has 39 heteroatoms. The molecular weight excluding hydrogens is 1700 g/mol. The van der Waals surface area contributed by atoms with Crippen LogP contribution in [0.1, 0.15) is 66.8 Å². The first-order valence-electron chi connectivity index (χ1n) is 32.6. The lowest BCUT2D eigenvalue weighted by atomic mass is 9.65. The molecule has 115 heavy (non-hydrogen) atoms. The number of halogens is 3. The molecule has 0 radical (unpaired) electrons. The zero-order valence-electron chi connectivity index (χ0n) is 58.1. The Morgan fingerprint density at radius 2 is 0.200 bits per heavy atom. The van der Waals surface area contributed by atoms with Crippen molar-refractivity contribution >= 4 is 116 Å². The zero-order valence-corrected chi connectivity index (χ0v) is 62.8. The Morgan fingerprint density at radius 3 is 0.243 bits per heavy atom. The second-order valence-corrected chi connectivity index (χ2v) is 30.6. The minimum absolute atomic E-state index is 0.172. The topological polar surface area (TPSA) is 518 Å². The van der Waals surface area contributed by atoms with Gasteiger partial charge in [-0.1, -0.05) is 193 Å². The fourth-order valence-electron chi connectivity index (χ4n) is 13.0. The molecule has 0 bridgehead atoms. The third kappa shape index (κ3) is 18.4. The highest BCUT2D eigenvalue weighted by Gasteiger charge is 2.43. The second-order valence-electron chi connectivity index (χ2n) is 24.1. The van der Waals surface area contributed by atoms with Gasteiger partial charge in [0.05, 0.1) is 75.3 Å². The molecule has 0 N–H and O–H groups in total. The normalized spacial score (nSPS) is 11.0. The van der Waals surface area contributed by atoms with E-state index in [9.17, 15) is 121 Å². The maximum Gasteiger partial charge on any atom is 0.269 e. The summed E-state index contributed by atoms with van der Waals surface area (Å²) in [4.78, 5) is 129. The molecule has 0 aliphatic heterocycles. The highest BCUT2D eigenvalue weighted by molar-refractivity contribution is 9.38. The van der Waals surface area contributed by atoms with E-state index < -0.39 is 75.3 Å². The van der Waals surface area contributed by atoms with Crippen molar-refractivity contribution in [2.45, 2.75) is 18.9 Å². The van der Waals surface area contributed by atoms with Crippen molar-refractivity contribution < 1.29 is 59.1 Å². The number of nitro benzene ring substituents is 12. The fourth-order valence-corrected chi connectivity index (χ4v) is 13.0. The van der Waals surface area contributed by atoms with E-state index in [0.717, 1.165) is 0 Å². The van der Waals surface area contributed by atoms with E-state index in [4.69, 9.17) is 0 Å². The predicted octanol–water partition coefficient (Wildman–Crippen LogP) is 19.6. The van der Waals surface area contributed by atoms with Crippen LogP contribution in [0.4, 0.5) is 68.2 Å². The summed E-state index contributed by atoms with van der Waals surface area (Å²) in [6.07, 6.45) is 0. The number of hydrogen-bond donors (Lipinski definition) is 0. The van der Waals surface area contributed by atoms with Gasteiger partial charge in [-0.15, -0.1) is 0 Å². The van der Waals surface area contributed by atoms with Gasteiger partial charge >= 0.3 is 0 Å². The predicted molar refractivity (Wildman–Crippen MR) is 425 cm³/mol. The van der Waals surface area contributed by atoms with Gasteiger partial charge in [0.25, 0.3) is 68.2 Å². The molecule has 578 valence electrons. The van der Waals surface area contributed by atoms with Gasteiger partial charge in [0.1, 0.15) is 2.65 Å². The number of benzene rings is 12. The quantitative estimate of drug-likeness (QED) is 0.0235. The Balaban J connectivity index is 0.000000193. The Morgan fingerprint density at radius 1 is 0.148 bits per heavy atom. The monoisotopic (exact) mass is 1750 g/mol. The molecule has 0 heterocycles. The average molecular weight is 1750 g/mol. The summed E-state index contributed by atoms with van der Waals surface area (Å²) >= 11 is 9.31. The third-order valence-corrected chi connectivity index (χ3v) is 18.1. The number of nitrogens with zero attached hydrogens (tertiary/aromatic N) is 12. The van der Waals surface area contributed by atoms with E-state index >= 15 is 0 Å². The molecule has 0 amide bonds. The van der Waals surface area contributed by atoms with Crippen LogP contribution < -0.4 is 0 Å². The maximum atomic E-state index is 11.3. The van der Waals surface area contributed by atoms with Crippen molar-refractivity contribution in [2.24, 2.45) is 0 Å². The number of rotatable bonds is 24. The van der Waals surface area contributed by atoms with Crippen LogP contribution in [0.15, 0.2) is 291 Å². The second kappa shape index (κ2) is 36.2. The first kappa shape index (κ1) is 83.9. The molecule has 0 saturated heterocycles. The third-order valence-electron chi connectivity index (χ3n) is 18.1. The fraction of sp³-hybridized carbons (Fsp3) is 0.0526. The lowest BCUT2D eigenvalue weighted by Gasteiger charge is -2.36. The van der Waals surface area contributed by atoms with Gasteiger partial charge in [0, 0.05) is 146 Å². The summed E-state index contributed by atoms with van der Waals surface area (Å²) in [6, 6.07) is 67.5. The summed E-state index contributed by atoms with van der Waals surface area (Å²) in [7, 11) is 0. The van der Waals surface area contributed by atoms with E-state index in [1.54, 1.807) is 0 Å². The summed E-state index contributed by atoms with van der Waals surface area (Å²) in [5, 5.41) is 135. The van der Waals surface area contributed by atoms with Gasteiger partial charge in [-0.05, 0) is 66.8 Å². The van der Waals surface area contributed by atoms with Gasteiger partial charge in [-0.25, -0.2) is 0 Å². The summed E-state index contributed by atoms with van der Waals surface area (Å²) < 4.78 is 0.271. The smallest absolute Gasteiger partial charge is 0.258 e. The highest BCUT2D eigenvalue weighted by Crippen LogP contribution is 2.50. The SMILES string of the molecule is BrC(Br)Br.O=[N+]([O-])c1ccc(C(c2ccc([N+](=O)[O-])cc2)(c2ccc([N+](=O)[O-])cc2)c2ccc([N+](=O)[O-])cc2)cc1.O=[N+]([O-])c1ccc(C(c2ccc([N+](=O)[O-])cc2)(c2ccc([N+](=O)[O-])cc2)c2ccc([N+](=O)[O-])cc2)cc1.O=[N+]([O-])c1ccc(C(c2ccc([N+](=O)[O-])cc2)(c2ccc([N+](=O)[O-])cc2)c2ccc([N+](=O)[O-])cc2)cc1. The van der Waals surface area contributed by atoms with Gasteiger partial charge in [-0.3, -0.25) is 121 Å². The van der Waals surface area contributed by atoms with Crippen LogP contribution in [-0.2, 0) is 16.2 Å². The van der Waals surface area contributed by atoms with E-state index in [2.05, 4.69) is 47.8 Å². The van der Waals surface area contributed by atoms with Gasteiger partial charge in [0.2, 0.25) is 0 Å². The first-order valence-corrected chi connectivity index (χ1v) is 35.3. The zero-order chi connectivity index (χ0) is 83.8. The molecule has 0 aromatic heterocycles. The Bertz CT molecular complexity index is 4430. The first-order chi connectivity index (χ1) is 54.6. The molecule has 0 aliphatic rings. The molecule has 0 fully saturated rings. The minimum atomic E-state index is -1.30. The van der Waals surface area contributed by atoms with Crippen LogP contribution in [0.5, 0.6) is 0 Å². The van der Waals surface area contributed by atoms with Crippen LogP contribution in [0, 0.1) is 121 Å². The molecule has 0 aliphatic carbocycles. The van der Waals surface area contributed by atoms with Crippen molar-refractivity contribution in [3.8, 4) is 0 Å². The Hall–Kier alpha value is -15.1. The van der Waals surface area contributed by atoms with E-state index in [0.29, 0.717) is 66.8 Å². The molecule has 0 atom stereocenters. The number of alkyl halides is 3. The van der Waals surface area contributed by atoms with Gasteiger partial charge in [-0.2, -0.15) is 0 Å². The van der Waals surface area contributed by atoms with Crippen molar-refractivity contribution in [2.75, 3.05) is 0 Å². The van der Waals surface area contributed by atoms with Crippen molar-refractivity contribution in [1.29, 1.82) is 0 Å². The van der Waals surface area contributed by atoms with Crippen LogP contribution in [0.3, 0.4) is 0 Å². The lowest BCUT2D eigenvalue weighted by Crippen LogP contribution is -2.31. The summed E-state index contributed by atoms with van der Waals surface area (Å²) in [6.45, 7) is 0.